The summed E-state index contributed by atoms with van der Waals surface area (Å²) in [6.45, 7) is 0. The first kappa shape index (κ1) is 14.2. The van der Waals surface area contributed by atoms with Crippen LogP contribution in [0.3, 0.4) is 0 Å². The van der Waals surface area contributed by atoms with Crippen LogP contribution >= 0.6 is 0 Å². The van der Waals surface area contributed by atoms with E-state index in [9.17, 15) is 5.11 Å². The van der Waals surface area contributed by atoms with Gasteiger partial charge in [0.25, 0.3) is 0 Å². The van der Waals surface area contributed by atoms with Crippen LogP contribution in [0.2, 0.25) is 0 Å². The van der Waals surface area contributed by atoms with Crippen LogP contribution < -0.4 is 4.74 Å². The Balaban J connectivity index is 1.67. The molecule has 3 rings (SSSR count). The van der Waals surface area contributed by atoms with Gasteiger partial charge in [0.2, 0.25) is 0 Å². The van der Waals surface area contributed by atoms with Crippen molar-refractivity contribution in [2.75, 3.05) is 0 Å². The Labute approximate surface area is 130 Å². The van der Waals surface area contributed by atoms with Crippen LogP contribution in [0, 0.1) is 0 Å². The number of phenolic OH excluding ortho intramolecular Hbond substituents is 1. The third-order valence-corrected chi connectivity index (χ3v) is 3.56. The van der Waals surface area contributed by atoms with E-state index in [-0.39, 0.29) is 5.75 Å². The summed E-state index contributed by atoms with van der Waals surface area (Å²) < 4.78 is 5.72. The molecule has 0 saturated carbocycles. The highest BCUT2D eigenvalue weighted by Gasteiger charge is 2.05. The summed E-state index contributed by atoms with van der Waals surface area (Å²) in [4.78, 5) is 0. The molecular formula is C20H18O2. The van der Waals surface area contributed by atoms with Crippen molar-refractivity contribution in [1.82, 2.24) is 0 Å². The number of rotatable bonds is 5. The molecule has 0 radical (unpaired) electrons. The molecule has 0 bridgehead atoms. The molecule has 0 unspecified atom stereocenters. The van der Waals surface area contributed by atoms with Gasteiger partial charge in [-0.25, -0.2) is 0 Å². The zero-order valence-corrected chi connectivity index (χ0v) is 12.3. The molecule has 0 saturated heterocycles. The molecule has 110 valence electrons. The van der Waals surface area contributed by atoms with E-state index in [0.29, 0.717) is 5.75 Å². The standard InChI is InChI=1S/C20H18O2/c21-20-15-19(22-18-9-5-2-6-10-18)14-13-17(20)12-11-16-7-3-1-4-8-16/h1-10,13-15,21H,11-12H2. The SMILES string of the molecule is Oc1cc(Oc2ccccc2)ccc1CCc1ccccc1. The fourth-order valence-corrected chi connectivity index (χ4v) is 2.37. The molecule has 2 nitrogen and oxygen atoms in total. The summed E-state index contributed by atoms with van der Waals surface area (Å²) in [6.07, 6.45) is 1.72. The summed E-state index contributed by atoms with van der Waals surface area (Å²) in [5, 5.41) is 10.2. The molecule has 0 aliphatic heterocycles. The van der Waals surface area contributed by atoms with Gasteiger partial charge in [0, 0.05) is 6.07 Å². The molecule has 1 N–H and O–H groups in total. The van der Waals surface area contributed by atoms with E-state index in [1.807, 2.05) is 60.7 Å². The van der Waals surface area contributed by atoms with Crippen molar-refractivity contribution in [3.8, 4) is 17.2 Å². The van der Waals surface area contributed by atoms with Gasteiger partial charge in [0.05, 0.1) is 0 Å². The number of hydrogen-bond acceptors (Lipinski definition) is 2. The minimum Gasteiger partial charge on any atom is -0.508 e. The maximum Gasteiger partial charge on any atom is 0.131 e. The van der Waals surface area contributed by atoms with Crippen molar-refractivity contribution in [3.05, 3.63) is 90.0 Å². The fourth-order valence-electron chi connectivity index (χ4n) is 2.37. The van der Waals surface area contributed by atoms with Crippen molar-refractivity contribution in [3.63, 3.8) is 0 Å². The maximum atomic E-state index is 10.2. The van der Waals surface area contributed by atoms with Gasteiger partial charge < -0.3 is 9.84 Å². The molecule has 0 aromatic heterocycles. The summed E-state index contributed by atoms with van der Waals surface area (Å²) in [5.74, 6) is 1.69. The molecule has 0 aliphatic rings. The highest BCUT2D eigenvalue weighted by molar-refractivity contribution is 5.42. The highest BCUT2D eigenvalue weighted by atomic mass is 16.5. The van der Waals surface area contributed by atoms with Crippen LogP contribution in [0.25, 0.3) is 0 Å². The topological polar surface area (TPSA) is 29.5 Å². The first-order valence-corrected chi connectivity index (χ1v) is 7.40. The largest absolute Gasteiger partial charge is 0.508 e. The first-order chi connectivity index (χ1) is 10.8. The van der Waals surface area contributed by atoms with Crippen molar-refractivity contribution in [1.29, 1.82) is 0 Å². The minimum atomic E-state index is 0.282. The summed E-state index contributed by atoms with van der Waals surface area (Å²) in [5.41, 5.74) is 2.20. The van der Waals surface area contributed by atoms with Crippen LogP contribution in [0.4, 0.5) is 0 Å². The lowest BCUT2D eigenvalue weighted by atomic mass is 10.0. The number of benzene rings is 3. The predicted octanol–water partition coefficient (Wildman–Crippen LogP) is 4.97. The van der Waals surface area contributed by atoms with Crippen molar-refractivity contribution in [2.24, 2.45) is 0 Å². The fraction of sp³-hybridized carbons (Fsp3) is 0.100. The third-order valence-electron chi connectivity index (χ3n) is 3.56. The average Bonchev–Trinajstić information content (AvgIpc) is 2.56. The second-order valence-corrected chi connectivity index (χ2v) is 5.19. The Morgan fingerprint density at radius 1 is 0.682 bits per heavy atom. The summed E-state index contributed by atoms with van der Waals surface area (Å²) >= 11 is 0. The second-order valence-electron chi connectivity index (χ2n) is 5.19. The molecule has 0 amide bonds. The molecular weight excluding hydrogens is 272 g/mol. The number of aryl methyl sites for hydroxylation is 2. The van der Waals surface area contributed by atoms with Gasteiger partial charge >= 0.3 is 0 Å². The molecule has 0 atom stereocenters. The normalized spacial score (nSPS) is 10.4. The van der Waals surface area contributed by atoms with Crippen molar-refractivity contribution in [2.45, 2.75) is 12.8 Å². The highest BCUT2D eigenvalue weighted by Crippen LogP contribution is 2.28. The Morgan fingerprint density at radius 3 is 2.05 bits per heavy atom. The average molecular weight is 290 g/mol. The number of hydrogen-bond donors (Lipinski definition) is 1. The molecule has 0 fully saturated rings. The second kappa shape index (κ2) is 6.81. The number of phenols is 1. The van der Waals surface area contributed by atoms with Gasteiger partial charge in [-0.3, -0.25) is 0 Å². The number of para-hydroxylation sites is 1. The van der Waals surface area contributed by atoms with Crippen LogP contribution in [0.15, 0.2) is 78.9 Å². The summed E-state index contributed by atoms with van der Waals surface area (Å²) in [7, 11) is 0. The predicted molar refractivity (Wildman–Crippen MR) is 88.5 cm³/mol. The third kappa shape index (κ3) is 3.67. The maximum absolute atomic E-state index is 10.2. The molecule has 0 aliphatic carbocycles. The zero-order chi connectivity index (χ0) is 15.2. The van der Waals surface area contributed by atoms with Crippen LogP contribution in [-0.2, 0) is 12.8 Å². The Morgan fingerprint density at radius 2 is 1.36 bits per heavy atom. The van der Waals surface area contributed by atoms with Crippen molar-refractivity contribution < 1.29 is 9.84 Å². The van der Waals surface area contributed by atoms with Gasteiger partial charge in [-0.2, -0.15) is 0 Å². The lowest BCUT2D eigenvalue weighted by Crippen LogP contribution is -1.92. The first-order valence-electron chi connectivity index (χ1n) is 7.40. The smallest absolute Gasteiger partial charge is 0.131 e. The van der Waals surface area contributed by atoms with E-state index < -0.39 is 0 Å². The summed E-state index contributed by atoms with van der Waals surface area (Å²) in [6, 6.07) is 25.3. The number of aromatic hydroxyl groups is 1. The zero-order valence-electron chi connectivity index (χ0n) is 12.3. The van der Waals surface area contributed by atoms with E-state index in [1.54, 1.807) is 6.07 Å². The minimum absolute atomic E-state index is 0.282. The van der Waals surface area contributed by atoms with E-state index in [0.717, 1.165) is 24.2 Å². The van der Waals surface area contributed by atoms with Gasteiger partial charge in [-0.15, -0.1) is 0 Å². The van der Waals surface area contributed by atoms with Crippen molar-refractivity contribution >= 4 is 0 Å². The molecule has 0 heterocycles. The quantitative estimate of drug-likeness (QED) is 0.719. The van der Waals surface area contributed by atoms with Crippen LogP contribution in [0.5, 0.6) is 17.2 Å². The Kier molecular flexibility index (Phi) is 4.40. The lowest BCUT2D eigenvalue weighted by molar-refractivity contribution is 0.450. The Hall–Kier alpha value is -2.74. The molecule has 3 aromatic rings. The number of ether oxygens (including phenoxy) is 1. The molecule has 2 heteroatoms. The lowest BCUT2D eigenvalue weighted by Gasteiger charge is -2.09. The molecule has 3 aromatic carbocycles. The van der Waals surface area contributed by atoms with Gasteiger partial charge in [-0.05, 0) is 42.2 Å². The molecule has 22 heavy (non-hydrogen) atoms. The van der Waals surface area contributed by atoms with E-state index in [4.69, 9.17) is 4.74 Å². The van der Waals surface area contributed by atoms with E-state index in [2.05, 4.69) is 12.1 Å². The van der Waals surface area contributed by atoms with Crippen LogP contribution in [0.1, 0.15) is 11.1 Å². The van der Waals surface area contributed by atoms with Gasteiger partial charge in [0.15, 0.2) is 0 Å². The van der Waals surface area contributed by atoms with Gasteiger partial charge in [-0.1, -0.05) is 54.6 Å². The van der Waals surface area contributed by atoms with Gasteiger partial charge in [0.1, 0.15) is 17.2 Å². The Bertz CT molecular complexity index is 721. The van der Waals surface area contributed by atoms with Crippen LogP contribution in [-0.4, -0.2) is 5.11 Å². The van der Waals surface area contributed by atoms with E-state index in [1.165, 1.54) is 5.56 Å². The van der Waals surface area contributed by atoms with E-state index >= 15 is 0 Å². The molecule has 0 spiro atoms. The monoisotopic (exact) mass is 290 g/mol.